The Morgan fingerprint density at radius 1 is 1.30 bits per heavy atom. The van der Waals surface area contributed by atoms with Gasteiger partial charge in [-0.25, -0.2) is 4.68 Å². The summed E-state index contributed by atoms with van der Waals surface area (Å²) in [6, 6.07) is 9.78. The van der Waals surface area contributed by atoms with Crippen LogP contribution in [0.1, 0.15) is 5.56 Å². The Bertz CT molecular complexity index is 711. The smallest absolute Gasteiger partial charge is 0.267 e. The lowest BCUT2D eigenvalue weighted by Gasteiger charge is -2.10. The zero-order chi connectivity index (χ0) is 14.5. The second kappa shape index (κ2) is 6.07. The molecule has 1 amide bonds. The van der Waals surface area contributed by atoms with E-state index in [0.717, 1.165) is 4.68 Å². The molecule has 6 nitrogen and oxygen atoms in total. The summed E-state index contributed by atoms with van der Waals surface area (Å²) >= 11 is 4.91. The van der Waals surface area contributed by atoms with Gasteiger partial charge in [0, 0.05) is 17.8 Å². The summed E-state index contributed by atoms with van der Waals surface area (Å²) in [6.45, 7) is -0.175. The molecule has 0 radical (unpaired) electrons. The lowest BCUT2D eigenvalue weighted by atomic mass is 10.2. The third kappa shape index (κ3) is 3.27. The van der Waals surface area contributed by atoms with Crippen molar-refractivity contribution in [3.63, 3.8) is 0 Å². The lowest BCUT2D eigenvalue weighted by Crippen LogP contribution is -2.29. The maximum absolute atomic E-state index is 11.9. The molecule has 0 saturated heterocycles. The van der Waals surface area contributed by atoms with Gasteiger partial charge in [0.05, 0.1) is 5.69 Å². The maximum atomic E-state index is 11.9. The normalized spacial score (nSPS) is 10.0. The molecule has 0 aliphatic heterocycles. The van der Waals surface area contributed by atoms with Gasteiger partial charge in [0.2, 0.25) is 5.91 Å². The van der Waals surface area contributed by atoms with Crippen LogP contribution < -0.4 is 16.6 Å². The second-order valence-electron chi connectivity index (χ2n) is 3.98. The molecule has 0 unspecified atom stereocenters. The monoisotopic (exact) mass is 288 g/mol. The van der Waals surface area contributed by atoms with Gasteiger partial charge in [-0.05, 0) is 18.2 Å². The van der Waals surface area contributed by atoms with Gasteiger partial charge in [0.15, 0.2) is 0 Å². The Morgan fingerprint density at radius 3 is 2.75 bits per heavy atom. The number of thiocarbonyl (C=S) groups is 1. The number of nitrogens with zero attached hydrogens (tertiary/aromatic N) is 2. The summed E-state index contributed by atoms with van der Waals surface area (Å²) < 4.78 is 1.07. The molecule has 20 heavy (non-hydrogen) atoms. The predicted molar refractivity (Wildman–Crippen MR) is 79.5 cm³/mol. The first-order valence-electron chi connectivity index (χ1n) is 5.79. The van der Waals surface area contributed by atoms with E-state index in [1.807, 2.05) is 0 Å². The average Bonchev–Trinajstić information content (AvgIpc) is 2.41. The number of hydrogen-bond donors (Lipinski definition) is 2. The Hall–Kier alpha value is -2.54. The molecule has 0 atom stereocenters. The number of carbonyl (C=O) groups is 1. The Balaban J connectivity index is 2.15. The highest BCUT2D eigenvalue weighted by Gasteiger charge is 2.09. The molecule has 0 aliphatic carbocycles. The predicted octanol–water partition coefficient (Wildman–Crippen LogP) is 0.516. The number of benzene rings is 1. The third-order valence-electron chi connectivity index (χ3n) is 2.55. The SMILES string of the molecule is NC(=S)c1ccccc1NC(=O)Cn1ncccc1=O. The van der Waals surface area contributed by atoms with Crippen molar-refractivity contribution in [2.45, 2.75) is 6.54 Å². The minimum absolute atomic E-state index is 0.175. The van der Waals surface area contributed by atoms with Crippen LogP contribution in [0.25, 0.3) is 0 Å². The number of hydrogen-bond acceptors (Lipinski definition) is 4. The van der Waals surface area contributed by atoms with Crippen molar-refractivity contribution in [3.05, 3.63) is 58.5 Å². The van der Waals surface area contributed by atoms with E-state index >= 15 is 0 Å². The third-order valence-corrected chi connectivity index (χ3v) is 2.77. The van der Waals surface area contributed by atoms with E-state index in [1.165, 1.54) is 18.3 Å². The van der Waals surface area contributed by atoms with Crippen molar-refractivity contribution >= 4 is 28.8 Å². The minimum Gasteiger partial charge on any atom is -0.389 e. The summed E-state index contributed by atoms with van der Waals surface area (Å²) in [5.41, 5.74) is 6.32. The quantitative estimate of drug-likeness (QED) is 0.800. The zero-order valence-corrected chi connectivity index (χ0v) is 11.3. The van der Waals surface area contributed by atoms with Crippen LogP contribution in [0.3, 0.4) is 0 Å². The Kier molecular flexibility index (Phi) is 4.21. The van der Waals surface area contributed by atoms with Crippen LogP contribution in [0, 0.1) is 0 Å². The number of nitrogens with one attached hydrogen (secondary N) is 1. The number of nitrogens with two attached hydrogens (primary N) is 1. The zero-order valence-electron chi connectivity index (χ0n) is 10.4. The molecule has 0 fully saturated rings. The molecule has 0 bridgehead atoms. The highest BCUT2D eigenvalue weighted by Crippen LogP contribution is 2.14. The molecular weight excluding hydrogens is 276 g/mol. The average molecular weight is 288 g/mol. The summed E-state index contributed by atoms with van der Waals surface area (Å²) in [4.78, 5) is 23.6. The first kappa shape index (κ1) is 13.9. The van der Waals surface area contributed by atoms with Crippen molar-refractivity contribution in [1.82, 2.24) is 9.78 Å². The molecular formula is C13H12N4O2S. The van der Waals surface area contributed by atoms with Crippen LogP contribution in [-0.2, 0) is 11.3 Å². The molecule has 2 aromatic rings. The van der Waals surface area contributed by atoms with E-state index in [1.54, 1.807) is 24.3 Å². The number of amides is 1. The molecule has 7 heteroatoms. The number of carbonyl (C=O) groups excluding carboxylic acids is 1. The van der Waals surface area contributed by atoms with Gasteiger partial charge in [0.25, 0.3) is 5.56 Å². The van der Waals surface area contributed by atoms with Gasteiger partial charge in [-0.1, -0.05) is 24.4 Å². The molecule has 2 rings (SSSR count). The Morgan fingerprint density at radius 2 is 2.05 bits per heavy atom. The molecule has 1 aromatic heterocycles. The van der Waals surface area contributed by atoms with Crippen LogP contribution in [0.15, 0.2) is 47.4 Å². The first-order valence-corrected chi connectivity index (χ1v) is 6.19. The number of para-hydroxylation sites is 1. The van der Waals surface area contributed by atoms with E-state index < -0.39 is 0 Å². The highest BCUT2D eigenvalue weighted by atomic mass is 32.1. The summed E-state index contributed by atoms with van der Waals surface area (Å²) in [7, 11) is 0. The summed E-state index contributed by atoms with van der Waals surface area (Å²) in [5, 5.41) is 6.47. The van der Waals surface area contributed by atoms with Crippen LogP contribution in [-0.4, -0.2) is 20.7 Å². The standard InChI is InChI=1S/C13H12N4O2S/c14-13(20)9-4-1-2-5-10(9)16-11(18)8-17-12(19)6-3-7-15-17/h1-7H,8H2,(H2,14,20)(H,16,18). The minimum atomic E-state index is -0.380. The fraction of sp³-hybridized carbons (Fsp3) is 0.0769. The van der Waals surface area contributed by atoms with Crippen LogP contribution in [0.4, 0.5) is 5.69 Å². The second-order valence-corrected chi connectivity index (χ2v) is 4.42. The molecule has 0 saturated carbocycles. The van der Waals surface area contributed by atoms with Gasteiger partial charge in [-0.2, -0.15) is 5.10 Å². The van der Waals surface area contributed by atoms with Crippen molar-refractivity contribution in [2.24, 2.45) is 5.73 Å². The molecule has 1 aromatic carbocycles. The first-order chi connectivity index (χ1) is 9.58. The van der Waals surface area contributed by atoms with Gasteiger partial charge in [0.1, 0.15) is 11.5 Å². The molecule has 0 aliphatic rings. The number of rotatable bonds is 4. The topological polar surface area (TPSA) is 90.0 Å². The van der Waals surface area contributed by atoms with Gasteiger partial charge in [-0.3, -0.25) is 9.59 Å². The van der Waals surface area contributed by atoms with Crippen molar-refractivity contribution in [1.29, 1.82) is 0 Å². The van der Waals surface area contributed by atoms with E-state index in [9.17, 15) is 9.59 Å². The molecule has 3 N–H and O–H groups in total. The lowest BCUT2D eigenvalue weighted by molar-refractivity contribution is -0.117. The van der Waals surface area contributed by atoms with Crippen LogP contribution >= 0.6 is 12.2 Å². The van der Waals surface area contributed by atoms with Crippen LogP contribution in [0.2, 0.25) is 0 Å². The van der Waals surface area contributed by atoms with E-state index in [0.29, 0.717) is 11.3 Å². The summed E-state index contributed by atoms with van der Waals surface area (Å²) in [5.74, 6) is -0.380. The van der Waals surface area contributed by atoms with E-state index in [4.69, 9.17) is 18.0 Å². The number of aromatic nitrogens is 2. The molecule has 102 valence electrons. The molecule has 0 spiro atoms. The largest absolute Gasteiger partial charge is 0.389 e. The van der Waals surface area contributed by atoms with Gasteiger partial charge >= 0.3 is 0 Å². The number of anilines is 1. The molecule has 1 heterocycles. The van der Waals surface area contributed by atoms with Gasteiger partial charge < -0.3 is 11.1 Å². The van der Waals surface area contributed by atoms with Crippen molar-refractivity contribution in [2.75, 3.05) is 5.32 Å². The van der Waals surface area contributed by atoms with E-state index in [-0.39, 0.29) is 23.0 Å². The fourth-order valence-electron chi connectivity index (χ4n) is 1.64. The van der Waals surface area contributed by atoms with Crippen molar-refractivity contribution < 1.29 is 4.79 Å². The van der Waals surface area contributed by atoms with Crippen LogP contribution in [0.5, 0.6) is 0 Å². The van der Waals surface area contributed by atoms with Gasteiger partial charge in [-0.15, -0.1) is 0 Å². The van der Waals surface area contributed by atoms with E-state index in [2.05, 4.69) is 10.4 Å². The summed E-state index contributed by atoms with van der Waals surface area (Å²) in [6.07, 6.45) is 1.44. The highest BCUT2D eigenvalue weighted by molar-refractivity contribution is 7.80. The maximum Gasteiger partial charge on any atom is 0.267 e. The van der Waals surface area contributed by atoms with Crippen molar-refractivity contribution in [3.8, 4) is 0 Å². The fourth-order valence-corrected chi connectivity index (χ4v) is 1.82. The Labute approximate surface area is 120 Å².